The Morgan fingerprint density at radius 1 is 1.12 bits per heavy atom. The number of hydrogen-bond donors (Lipinski definition) is 2. The third-order valence-electron chi connectivity index (χ3n) is 3.81. The van der Waals surface area contributed by atoms with Crippen molar-refractivity contribution >= 4 is 5.97 Å². The highest BCUT2D eigenvalue weighted by Crippen LogP contribution is 2.31. The van der Waals surface area contributed by atoms with E-state index in [1.165, 1.54) is 0 Å². The quantitative estimate of drug-likeness (QED) is 0.762. The van der Waals surface area contributed by atoms with Crippen molar-refractivity contribution in [2.45, 2.75) is 60.4 Å². The fraction of sp³-hybridized carbons (Fsp3) is 0.923. The highest BCUT2D eigenvalue weighted by atomic mass is 16.4. The summed E-state index contributed by atoms with van der Waals surface area (Å²) in [5.74, 6) is -0.785. The van der Waals surface area contributed by atoms with Crippen LogP contribution >= 0.6 is 0 Å². The Bertz CT molecular complexity index is 253. The molecule has 0 aromatic carbocycles. The second kappa shape index (κ2) is 4.74. The van der Waals surface area contributed by atoms with Gasteiger partial charge in [0, 0.05) is 6.54 Å². The summed E-state index contributed by atoms with van der Waals surface area (Å²) in [6.45, 7) is 14.7. The van der Waals surface area contributed by atoms with Crippen LogP contribution in [-0.2, 0) is 4.79 Å². The molecule has 1 atom stereocenters. The molecule has 0 radical (unpaired) electrons. The first-order chi connectivity index (χ1) is 6.96. The Labute approximate surface area is 99.6 Å². The Balaban J connectivity index is 4.80. The molecule has 0 aromatic heterocycles. The van der Waals surface area contributed by atoms with Gasteiger partial charge < -0.3 is 10.4 Å². The lowest BCUT2D eigenvalue weighted by molar-refractivity contribution is -0.149. The molecule has 0 aromatic rings. The van der Waals surface area contributed by atoms with Crippen LogP contribution in [0.4, 0.5) is 0 Å². The van der Waals surface area contributed by atoms with Gasteiger partial charge in [-0.2, -0.15) is 0 Å². The normalized spacial score (nSPS) is 16.9. The zero-order valence-electron chi connectivity index (χ0n) is 11.8. The molecule has 0 saturated heterocycles. The Morgan fingerprint density at radius 3 is 1.81 bits per heavy atom. The monoisotopic (exact) mass is 229 g/mol. The van der Waals surface area contributed by atoms with Gasteiger partial charge in [-0.25, -0.2) is 0 Å². The van der Waals surface area contributed by atoms with E-state index in [0.29, 0.717) is 6.54 Å². The van der Waals surface area contributed by atoms with Crippen LogP contribution in [0.25, 0.3) is 0 Å². The van der Waals surface area contributed by atoms with Crippen LogP contribution in [0.2, 0.25) is 0 Å². The molecule has 1 unspecified atom stereocenters. The summed E-state index contributed by atoms with van der Waals surface area (Å²) in [6.07, 6.45) is 1.03. The third kappa shape index (κ3) is 3.48. The molecular formula is C13H27NO2. The third-order valence-corrected chi connectivity index (χ3v) is 3.81. The van der Waals surface area contributed by atoms with Crippen molar-refractivity contribution in [1.29, 1.82) is 0 Å². The molecule has 0 aliphatic rings. The summed E-state index contributed by atoms with van der Waals surface area (Å²) >= 11 is 0. The highest BCUT2D eigenvalue weighted by molar-refractivity contribution is 5.79. The average Bonchev–Trinajstić information content (AvgIpc) is 2.12. The van der Waals surface area contributed by atoms with Gasteiger partial charge in [0.05, 0.1) is 0 Å². The molecule has 0 aliphatic heterocycles. The van der Waals surface area contributed by atoms with Crippen molar-refractivity contribution in [2.75, 3.05) is 6.54 Å². The molecular weight excluding hydrogens is 202 g/mol. The number of carboxylic acid groups (broad SMARTS) is 1. The van der Waals surface area contributed by atoms with Crippen LogP contribution in [0.3, 0.4) is 0 Å². The summed E-state index contributed by atoms with van der Waals surface area (Å²) in [4.78, 5) is 11.4. The van der Waals surface area contributed by atoms with E-state index in [1.807, 2.05) is 20.8 Å². The SMILES string of the molecule is CCC(C)(C)CNC(C)(C(=O)O)C(C)(C)C. The predicted molar refractivity (Wildman–Crippen MR) is 67.6 cm³/mol. The minimum atomic E-state index is -0.889. The summed E-state index contributed by atoms with van der Waals surface area (Å²) in [7, 11) is 0. The summed E-state index contributed by atoms with van der Waals surface area (Å²) < 4.78 is 0. The lowest BCUT2D eigenvalue weighted by atomic mass is 9.74. The zero-order valence-corrected chi connectivity index (χ0v) is 11.8. The smallest absolute Gasteiger partial charge is 0.324 e. The largest absolute Gasteiger partial charge is 0.480 e. The molecule has 3 heteroatoms. The number of carbonyl (C=O) groups is 1. The fourth-order valence-corrected chi connectivity index (χ4v) is 1.20. The van der Waals surface area contributed by atoms with Gasteiger partial charge in [-0.05, 0) is 24.2 Å². The minimum Gasteiger partial charge on any atom is -0.480 e. The van der Waals surface area contributed by atoms with Gasteiger partial charge >= 0.3 is 5.97 Å². The molecule has 0 saturated carbocycles. The maximum Gasteiger partial charge on any atom is 0.324 e. The van der Waals surface area contributed by atoms with E-state index in [1.54, 1.807) is 6.92 Å². The molecule has 0 fully saturated rings. The van der Waals surface area contributed by atoms with Gasteiger partial charge in [0.25, 0.3) is 0 Å². The fourth-order valence-electron chi connectivity index (χ4n) is 1.20. The van der Waals surface area contributed by atoms with E-state index < -0.39 is 11.5 Å². The predicted octanol–water partition coefficient (Wildman–Crippen LogP) is 2.90. The molecule has 0 amide bonds. The number of carboxylic acids is 1. The molecule has 0 aliphatic carbocycles. The van der Waals surface area contributed by atoms with Crippen LogP contribution < -0.4 is 5.32 Å². The van der Waals surface area contributed by atoms with Gasteiger partial charge in [-0.15, -0.1) is 0 Å². The van der Waals surface area contributed by atoms with E-state index in [4.69, 9.17) is 0 Å². The van der Waals surface area contributed by atoms with Crippen molar-refractivity contribution < 1.29 is 9.90 Å². The first kappa shape index (κ1) is 15.4. The van der Waals surface area contributed by atoms with Crippen molar-refractivity contribution in [1.82, 2.24) is 5.32 Å². The molecule has 0 spiro atoms. The number of nitrogens with one attached hydrogen (secondary N) is 1. The Hall–Kier alpha value is -0.570. The number of aliphatic carboxylic acids is 1. The van der Waals surface area contributed by atoms with Crippen molar-refractivity contribution in [3.8, 4) is 0 Å². The second-order valence-electron chi connectivity index (χ2n) is 6.55. The lowest BCUT2D eigenvalue weighted by Gasteiger charge is -2.41. The summed E-state index contributed by atoms with van der Waals surface area (Å²) in [5.41, 5.74) is -1.08. The Kier molecular flexibility index (Phi) is 4.57. The lowest BCUT2D eigenvalue weighted by Crippen LogP contribution is -2.60. The van der Waals surface area contributed by atoms with Gasteiger partial charge in [-0.3, -0.25) is 4.79 Å². The maximum absolute atomic E-state index is 11.4. The van der Waals surface area contributed by atoms with Gasteiger partial charge in [0.1, 0.15) is 5.54 Å². The standard InChI is InChI=1S/C13H27NO2/c1-8-12(5,6)9-14-13(7,10(15)16)11(2,3)4/h14H,8-9H2,1-7H3,(H,15,16). The summed E-state index contributed by atoms with van der Waals surface area (Å²) in [5, 5.41) is 12.6. The van der Waals surface area contributed by atoms with Gasteiger partial charge in [-0.1, -0.05) is 41.5 Å². The Morgan fingerprint density at radius 2 is 1.56 bits per heavy atom. The first-order valence-electron chi connectivity index (χ1n) is 5.95. The number of hydrogen-bond acceptors (Lipinski definition) is 2. The van der Waals surface area contributed by atoms with E-state index in [2.05, 4.69) is 26.1 Å². The van der Waals surface area contributed by atoms with E-state index in [9.17, 15) is 9.90 Å². The molecule has 2 N–H and O–H groups in total. The van der Waals surface area contributed by atoms with Crippen LogP contribution in [0.5, 0.6) is 0 Å². The van der Waals surface area contributed by atoms with Crippen molar-refractivity contribution in [3.63, 3.8) is 0 Å². The van der Waals surface area contributed by atoms with Crippen LogP contribution in [0, 0.1) is 10.8 Å². The second-order valence-corrected chi connectivity index (χ2v) is 6.55. The van der Waals surface area contributed by atoms with Crippen LogP contribution in [0.1, 0.15) is 54.9 Å². The minimum absolute atomic E-state index is 0.127. The van der Waals surface area contributed by atoms with E-state index in [0.717, 1.165) is 6.42 Å². The maximum atomic E-state index is 11.4. The van der Waals surface area contributed by atoms with E-state index in [-0.39, 0.29) is 10.8 Å². The van der Waals surface area contributed by atoms with Crippen molar-refractivity contribution in [2.24, 2.45) is 10.8 Å². The molecule has 0 heterocycles. The molecule has 0 rings (SSSR count). The molecule has 0 bridgehead atoms. The van der Waals surface area contributed by atoms with Gasteiger partial charge in [0.2, 0.25) is 0 Å². The van der Waals surface area contributed by atoms with E-state index >= 15 is 0 Å². The van der Waals surface area contributed by atoms with Gasteiger partial charge in [0.15, 0.2) is 0 Å². The average molecular weight is 229 g/mol. The zero-order chi connectivity index (χ0) is 13.2. The van der Waals surface area contributed by atoms with Crippen LogP contribution in [0.15, 0.2) is 0 Å². The first-order valence-corrected chi connectivity index (χ1v) is 5.95. The number of rotatable bonds is 5. The molecule has 16 heavy (non-hydrogen) atoms. The van der Waals surface area contributed by atoms with Crippen LogP contribution in [-0.4, -0.2) is 23.2 Å². The topological polar surface area (TPSA) is 49.3 Å². The molecule has 3 nitrogen and oxygen atoms in total. The molecule has 96 valence electrons. The highest BCUT2D eigenvalue weighted by Gasteiger charge is 2.44. The summed E-state index contributed by atoms with van der Waals surface area (Å²) in [6, 6.07) is 0. The van der Waals surface area contributed by atoms with Crippen molar-refractivity contribution in [3.05, 3.63) is 0 Å².